The molecule has 2 nitrogen and oxygen atoms in total. The van der Waals surface area contributed by atoms with Gasteiger partial charge < -0.3 is 5.73 Å². The monoisotopic (exact) mass is 303 g/mol. The topological polar surface area (TPSA) is 43.1 Å². The van der Waals surface area contributed by atoms with E-state index < -0.39 is 0 Å². The summed E-state index contributed by atoms with van der Waals surface area (Å²) in [5, 5.41) is 0. The predicted molar refractivity (Wildman–Crippen MR) is 77.8 cm³/mol. The van der Waals surface area contributed by atoms with E-state index in [9.17, 15) is 4.79 Å². The van der Waals surface area contributed by atoms with Gasteiger partial charge in [-0.3, -0.25) is 4.79 Å². The molecule has 92 valence electrons. The number of nitrogens with two attached hydrogens (primary N) is 1. The first-order chi connectivity index (χ1) is 8.61. The number of anilines is 1. The predicted octanol–water partition coefficient (Wildman–Crippen LogP) is 3.82. The van der Waals surface area contributed by atoms with E-state index in [0.29, 0.717) is 16.8 Å². The number of rotatable bonds is 3. The lowest BCUT2D eigenvalue weighted by atomic mass is 9.99. The summed E-state index contributed by atoms with van der Waals surface area (Å²) in [7, 11) is 0. The molecule has 2 aromatic carbocycles. The summed E-state index contributed by atoms with van der Waals surface area (Å²) < 4.78 is 0.853. The van der Waals surface area contributed by atoms with Crippen LogP contribution in [0.3, 0.4) is 0 Å². The summed E-state index contributed by atoms with van der Waals surface area (Å²) in [5.41, 5.74) is 8.73. The summed E-state index contributed by atoms with van der Waals surface area (Å²) in [6.45, 7) is 2.07. The number of hydrogen-bond acceptors (Lipinski definition) is 2. The van der Waals surface area contributed by atoms with Gasteiger partial charge in [-0.25, -0.2) is 0 Å². The van der Waals surface area contributed by atoms with Gasteiger partial charge in [0.1, 0.15) is 0 Å². The lowest BCUT2D eigenvalue weighted by molar-refractivity contribution is 0.103. The molecule has 0 radical (unpaired) electrons. The van der Waals surface area contributed by atoms with Gasteiger partial charge in [-0.1, -0.05) is 41.1 Å². The minimum absolute atomic E-state index is 0.0379. The molecule has 0 aliphatic rings. The maximum atomic E-state index is 12.4. The Hall–Kier alpha value is -1.61. The Labute approximate surface area is 115 Å². The van der Waals surface area contributed by atoms with Crippen molar-refractivity contribution in [2.24, 2.45) is 0 Å². The zero-order valence-electron chi connectivity index (χ0n) is 10.1. The average Bonchev–Trinajstić information content (AvgIpc) is 2.41. The van der Waals surface area contributed by atoms with Gasteiger partial charge in [-0.2, -0.15) is 0 Å². The van der Waals surface area contributed by atoms with E-state index in [1.807, 2.05) is 30.3 Å². The van der Waals surface area contributed by atoms with Crippen molar-refractivity contribution >= 4 is 27.4 Å². The molecule has 0 aliphatic carbocycles. The Morgan fingerprint density at radius 1 is 1.22 bits per heavy atom. The van der Waals surface area contributed by atoms with Crippen molar-refractivity contribution in [2.45, 2.75) is 13.3 Å². The highest BCUT2D eigenvalue weighted by atomic mass is 79.9. The third-order valence-electron chi connectivity index (χ3n) is 2.86. The van der Waals surface area contributed by atoms with Gasteiger partial charge in [0.25, 0.3) is 0 Å². The second-order valence-corrected chi connectivity index (χ2v) is 5.03. The third-order valence-corrected chi connectivity index (χ3v) is 3.35. The molecule has 0 spiro atoms. The standard InChI is InChI=1S/C15H14BrNO/c1-2-10-4-3-5-11(8-10)15(18)13-9-12(16)6-7-14(13)17/h3-9H,2,17H2,1H3. The lowest BCUT2D eigenvalue weighted by Gasteiger charge is -2.06. The first kappa shape index (κ1) is 12.8. The number of carbonyl (C=O) groups excluding carboxylic acids is 1. The van der Waals surface area contributed by atoms with Crippen LogP contribution in [0.2, 0.25) is 0 Å². The largest absolute Gasteiger partial charge is 0.398 e. The minimum atomic E-state index is -0.0379. The van der Waals surface area contributed by atoms with Gasteiger partial charge in [0, 0.05) is 21.3 Å². The summed E-state index contributed by atoms with van der Waals surface area (Å²) in [5.74, 6) is -0.0379. The van der Waals surface area contributed by atoms with Crippen molar-refractivity contribution in [3.8, 4) is 0 Å². The van der Waals surface area contributed by atoms with Gasteiger partial charge >= 0.3 is 0 Å². The second-order valence-electron chi connectivity index (χ2n) is 4.11. The number of ketones is 1. The van der Waals surface area contributed by atoms with Crippen LogP contribution in [-0.4, -0.2) is 5.78 Å². The number of hydrogen-bond donors (Lipinski definition) is 1. The molecule has 2 aromatic rings. The number of aryl methyl sites for hydroxylation is 1. The molecular formula is C15H14BrNO. The summed E-state index contributed by atoms with van der Waals surface area (Å²) in [4.78, 5) is 12.4. The van der Waals surface area contributed by atoms with E-state index in [1.165, 1.54) is 0 Å². The number of carbonyl (C=O) groups is 1. The van der Waals surface area contributed by atoms with Crippen LogP contribution >= 0.6 is 15.9 Å². The molecule has 0 amide bonds. The fraction of sp³-hybridized carbons (Fsp3) is 0.133. The molecule has 0 unspecified atom stereocenters. The van der Waals surface area contributed by atoms with Crippen molar-refractivity contribution < 1.29 is 4.79 Å². The highest BCUT2D eigenvalue weighted by molar-refractivity contribution is 9.10. The molecule has 0 atom stereocenters. The van der Waals surface area contributed by atoms with Crippen LogP contribution < -0.4 is 5.73 Å². The SMILES string of the molecule is CCc1cccc(C(=O)c2cc(Br)ccc2N)c1. The van der Waals surface area contributed by atoms with Crippen LogP contribution in [0.25, 0.3) is 0 Å². The molecule has 0 bridgehead atoms. The van der Waals surface area contributed by atoms with E-state index >= 15 is 0 Å². The average molecular weight is 304 g/mol. The van der Waals surface area contributed by atoms with Crippen molar-refractivity contribution in [2.75, 3.05) is 5.73 Å². The van der Waals surface area contributed by atoms with Crippen molar-refractivity contribution in [3.05, 3.63) is 63.6 Å². The zero-order valence-corrected chi connectivity index (χ0v) is 11.7. The zero-order chi connectivity index (χ0) is 13.1. The fourth-order valence-corrected chi connectivity index (χ4v) is 2.17. The quantitative estimate of drug-likeness (QED) is 0.692. The number of halogens is 1. The molecule has 2 N–H and O–H groups in total. The molecule has 18 heavy (non-hydrogen) atoms. The maximum Gasteiger partial charge on any atom is 0.195 e. The van der Waals surface area contributed by atoms with E-state index in [0.717, 1.165) is 16.5 Å². The van der Waals surface area contributed by atoms with Gasteiger partial charge in [-0.05, 0) is 36.2 Å². The Morgan fingerprint density at radius 3 is 2.72 bits per heavy atom. The van der Waals surface area contributed by atoms with Crippen molar-refractivity contribution in [3.63, 3.8) is 0 Å². The van der Waals surface area contributed by atoms with Gasteiger partial charge in [0.2, 0.25) is 0 Å². The van der Waals surface area contributed by atoms with Crippen molar-refractivity contribution in [1.29, 1.82) is 0 Å². The Balaban J connectivity index is 2.44. The second kappa shape index (κ2) is 5.36. The molecule has 0 saturated heterocycles. The fourth-order valence-electron chi connectivity index (χ4n) is 1.81. The molecule has 0 aliphatic heterocycles. The van der Waals surface area contributed by atoms with Crippen LogP contribution in [0.1, 0.15) is 28.4 Å². The molecule has 0 saturated carbocycles. The Bertz CT molecular complexity index is 593. The van der Waals surface area contributed by atoms with Gasteiger partial charge in [0.05, 0.1) is 0 Å². The smallest absolute Gasteiger partial charge is 0.195 e. The summed E-state index contributed by atoms with van der Waals surface area (Å²) in [6.07, 6.45) is 0.912. The normalized spacial score (nSPS) is 10.3. The van der Waals surface area contributed by atoms with Crippen molar-refractivity contribution in [1.82, 2.24) is 0 Å². The Kier molecular flexibility index (Phi) is 3.82. The van der Waals surface area contributed by atoms with Crippen LogP contribution in [0.4, 0.5) is 5.69 Å². The van der Waals surface area contributed by atoms with Crippen LogP contribution in [-0.2, 0) is 6.42 Å². The minimum Gasteiger partial charge on any atom is -0.398 e. The lowest BCUT2D eigenvalue weighted by Crippen LogP contribution is -2.05. The van der Waals surface area contributed by atoms with E-state index in [4.69, 9.17) is 5.73 Å². The molecule has 3 heteroatoms. The van der Waals surface area contributed by atoms with Gasteiger partial charge in [-0.15, -0.1) is 0 Å². The highest BCUT2D eigenvalue weighted by Crippen LogP contribution is 2.22. The Morgan fingerprint density at radius 2 is 2.00 bits per heavy atom. The number of nitrogen functional groups attached to an aromatic ring is 1. The third kappa shape index (κ3) is 2.62. The highest BCUT2D eigenvalue weighted by Gasteiger charge is 2.12. The first-order valence-corrected chi connectivity index (χ1v) is 6.59. The molecule has 0 heterocycles. The van der Waals surface area contributed by atoms with Crippen LogP contribution in [0.5, 0.6) is 0 Å². The van der Waals surface area contributed by atoms with E-state index in [-0.39, 0.29) is 5.78 Å². The van der Waals surface area contributed by atoms with E-state index in [2.05, 4.69) is 22.9 Å². The van der Waals surface area contributed by atoms with E-state index in [1.54, 1.807) is 12.1 Å². The summed E-state index contributed by atoms with van der Waals surface area (Å²) >= 11 is 3.36. The maximum absolute atomic E-state index is 12.4. The molecular weight excluding hydrogens is 290 g/mol. The van der Waals surface area contributed by atoms with Gasteiger partial charge in [0.15, 0.2) is 5.78 Å². The van der Waals surface area contributed by atoms with Crippen LogP contribution in [0, 0.1) is 0 Å². The summed E-state index contributed by atoms with van der Waals surface area (Å²) in [6, 6.07) is 13.0. The molecule has 0 aromatic heterocycles. The first-order valence-electron chi connectivity index (χ1n) is 5.80. The molecule has 2 rings (SSSR count). The van der Waals surface area contributed by atoms with Crippen LogP contribution in [0.15, 0.2) is 46.9 Å². The number of benzene rings is 2. The molecule has 0 fully saturated rings.